The highest BCUT2D eigenvalue weighted by atomic mass is 35.5. The van der Waals surface area contributed by atoms with E-state index in [1.165, 1.54) is 18.6 Å². The van der Waals surface area contributed by atoms with Gasteiger partial charge >= 0.3 is 5.97 Å². The SMILES string of the molecule is O=C(O)c1nc(NCC2CCCS2)ccc1Cl. The lowest BCUT2D eigenvalue weighted by Gasteiger charge is -2.11. The number of aromatic carboxylic acids is 1. The van der Waals surface area contributed by atoms with Gasteiger partial charge in [0, 0.05) is 11.8 Å². The van der Waals surface area contributed by atoms with Crippen LogP contribution in [0.25, 0.3) is 0 Å². The second kappa shape index (κ2) is 5.60. The topological polar surface area (TPSA) is 62.2 Å². The largest absolute Gasteiger partial charge is 0.476 e. The Kier molecular flexibility index (Phi) is 4.12. The van der Waals surface area contributed by atoms with Crippen LogP contribution in [0.4, 0.5) is 5.82 Å². The van der Waals surface area contributed by atoms with Crippen LogP contribution in [0.15, 0.2) is 12.1 Å². The number of carboxylic acids is 1. The predicted octanol–water partition coefficient (Wildman–Crippen LogP) is 2.74. The zero-order valence-corrected chi connectivity index (χ0v) is 10.7. The zero-order valence-electron chi connectivity index (χ0n) is 9.15. The number of aromatic nitrogens is 1. The van der Waals surface area contributed by atoms with Gasteiger partial charge in [-0.2, -0.15) is 11.8 Å². The van der Waals surface area contributed by atoms with Crippen molar-refractivity contribution in [3.8, 4) is 0 Å². The lowest BCUT2D eigenvalue weighted by molar-refractivity contribution is 0.0691. The Morgan fingerprint density at radius 1 is 1.65 bits per heavy atom. The molecule has 2 N–H and O–H groups in total. The molecule has 0 radical (unpaired) electrons. The van der Waals surface area contributed by atoms with Crippen molar-refractivity contribution in [2.75, 3.05) is 17.6 Å². The first-order valence-electron chi connectivity index (χ1n) is 5.42. The number of halogens is 1. The van der Waals surface area contributed by atoms with Gasteiger partial charge in [0.15, 0.2) is 5.69 Å². The molecule has 1 unspecified atom stereocenters. The number of carboxylic acid groups (broad SMARTS) is 1. The Labute approximate surface area is 109 Å². The zero-order chi connectivity index (χ0) is 12.3. The van der Waals surface area contributed by atoms with E-state index < -0.39 is 5.97 Å². The van der Waals surface area contributed by atoms with E-state index in [2.05, 4.69) is 10.3 Å². The minimum absolute atomic E-state index is 0.101. The quantitative estimate of drug-likeness (QED) is 0.882. The summed E-state index contributed by atoms with van der Waals surface area (Å²) in [4.78, 5) is 14.8. The van der Waals surface area contributed by atoms with Crippen LogP contribution in [0.3, 0.4) is 0 Å². The number of nitrogens with one attached hydrogen (secondary N) is 1. The van der Waals surface area contributed by atoms with E-state index in [9.17, 15) is 4.79 Å². The molecule has 2 rings (SSSR count). The van der Waals surface area contributed by atoms with Crippen molar-refractivity contribution in [3.05, 3.63) is 22.8 Å². The molecule has 0 saturated carbocycles. The molecule has 1 aliphatic heterocycles. The molecule has 1 atom stereocenters. The van der Waals surface area contributed by atoms with Gasteiger partial charge in [-0.15, -0.1) is 0 Å². The fourth-order valence-electron chi connectivity index (χ4n) is 1.71. The third-order valence-electron chi connectivity index (χ3n) is 2.58. The first-order valence-corrected chi connectivity index (χ1v) is 6.85. The maximum atomic E-state index is 10.9. The van der Waals surface area contributed by atoms with E-state index in [0.29, 0.717) is 11.1 Å². The van der Waals surface area contributed by atoms with Gasteiger partial charge < -0.3 is 10.4 Å². The van der Waals surface area contributed by atoms with Crippen LogP contribution >= 0.6 is 23.4 Å². The first-order chi connectivity index (χ1) is 8.16. The average Bonchev–Trinajstić information content (AvgIpc) is 2.80. The van der Waals surface area contributed by atoms with Crippen molar-refractivity contribution in [2.24, 2.45) is 0 Å². The molecule has 17 heavy (non-hydrogen) atoms. The second-order valence-electron chi connectivity index (χ2n) is 3.85. The van der Waals surface area contributed by atoms with E-state index >= 15 is 0 Å². The minimum Gasteiger partial charge on any atom is -0.476 e. The summed E-state index contributed by atoms with van der Waals surface area (Å²) in [6.07, 6.45) is 2.46. The Morgan fingerprint density at radius 2 is 2.47 bits per heavy atom. The van der Waals surface area contributed by atoms with Gasteiger partial charge in [0.2, 0.25) is 0 Å². The third kappa shape index (κ3) is 3.26. The number of hydrogen-bond acceptors (Lipinski definition) is 4. The lowest BCUT2D eigenvalue weighted by atomic mass is 10.2. The predicted molar refractivity (Wildman–Crippen MR) is 70.2 cm³/mol. The molecule has 1 aromatic rings. The van der Waals surface area contributed by atoms with Crippen LogP contribution in [0, 0.1) is 0 Å². The van der Waals surface area contributed by atoms with Gasteiger partial charge in [-0.05, 0) is 30.7 Å². The molecule has 0 aromatic carbocycles. The van der Waals surface area contributed by atoms with E-state index in [-0.39, 0.29) is 10.7 Å². The van der Waals surface area contributed by atoms with Crippen molar-refractivity contribution in [1.29, 1.82) is 0 Å². The maximum Gasteiger partial charge on any atom is 0.356 e. The second-order valence-corrected chi connectivity index (χ2v) is 5.66. The molecular weight excluding hydrogens is 260 g/mol. The molecule has 6 heteroatoms. The highest BCUT2D eigenvalue weighted by Gasteiger charge is 2.16. The van der Waals surface area contributed by atoms with Gasteiger partial charge in [0.1, 0.15) is 5.82 Å². The molecule has 0 spiro atoms. The highest BCUT2D eigenvalue weighted by Crippen LogP contribution is 2.26. The van der Waals surface area contributed by atoms with Crippen LogP contribution in [-0.4, -0.2) is 33.6 Å². The van der Waals surface area contributed by atoms with Crippen LogP contribution in [0.5, 0.6) is 0 Å². The summed E-state index contributed by atoms with van der Waals surface area (Å²) < 4.78 is 0. The Hall–Kier alpha value is -0.940. The molecular formula is C11H13ClN2O2S. The fraction of sp³-hybridized carbons (Fsp3) is 0.455. The lowest BCUT2D eigenvalue weighted by Crippen LogP contribution is -2.15. The normalized spacial score (nSPS) is 19.2. The van der Waals surface area contributed by atoms with Gasteiger partial charge in [0.25, 0.3) is 0 Å². The van der Waals surface area contributed by atoms with Crippen LogP contribution < -0.4 is 5.32 Å². The van der Waals surface area contributed by atoms with E-state index in [4.69, 9.17) is 16.7 Å². The number of thioether (sulfide) groups is 1. The molecule has 1 aliphatic rings. The summed E-state index contributed by atoms with van der Waals surface area (Å²) >= 11 is 7.69. The van der Waals surface area contributed by atoms with Gasteiger partial charge in [-0.1, -0.05) is 11.6 Å². The maximum absolute atomic E-state index is 10.9. The number of nitrogens with zero attached hydrogens (tertiary/aromatic N) is 1. The smallest absolute Gasteiger partial charge is 0.356 e. The number of anilines is 1. The van der Waals surface area contributed by atoms with Crippen molar-refractivity contribution in [3.63, 3.8) is 0 Å². The standard InChI is InChI=1S/C11H13ClN2O2S/c12-8-3-4-9(14-10(8)11(15)16)13-6-7-2-1-5-17-7/h3-4,7H,1-2,5-6H2,(H,13,14)(H,15,16). The Morgan fingerprint density at radius 3 is 3.12 bits per heavy atom. The molecule has 4 nitrogen and oxygen atoms in total. The van der Waals surface area contributed by atoms with Crippen LogP contribution in [0.1, 0.15) is 23.3 Å². The fourth-order valence-corrected chi connectivity index (χ4v) is 3.10. The molecule has 1 saturated heterocycles. The highest BCUT2D eigenvalue weighted by molar-refractivity contribution is 8.00. The van der Waals surface area contributed by atoms with E-state index in [1.807, 2.05) is 11.8 Å². The van der Waals surface area contributed by atoms with Gasteiger partial charge in [-0.3, -0.25) is 0 Å². The summed E-state index contributed by atoms with van der Waals surface area (Å²) in [6, 6.07) is 3.26. The summed E-state index contributed by atoms with van der Waals surface area (Å²) in [7, 11) is 0. The van der Waals surface area contributed by atoms with Crippen molar-refractivity contribution in [2.45, 2.75) is 18.1 Å². The molecule has 1 fully saturated rings. The number of pyridine rings is 1. The summed E-state index contributed by atoms with van der Waals surface area (Å²) in [5.74, 6) is 0.675. The molecule has 0 amide bonds. The van der Waals surface area contributed by atoms with E-state index in [0.717, 1.165) is 6.54 Å². The molecule has 1 aromatic heterocycles. The van der Waals surface area contributed by atoms with Crippen LogP contribution in [0.2, 0.25) is 5.02 Å². The summed E-state index contributed by atoms with van der Waals surface area (Å²) in [5, 5.41) is 12.8. The average molecular weight is 273 g/mol. The number of rotatable bonds is 4. The Balaban J connectivity index is 2.00. The summed E-state index contributed by atoms with van der Waals surface area (Å²) in [6.45, 7) is 0.818. The minimum atomic E-state index is -1.10. The van der Waals surface area contributed by atoms with Gasteiger partial charge in [0.05, 0.1) is 5.02 Å². The Bertz CT molecular complexity index is 422. The number of carbonyl (C=O) groups is 1. The van der Waals surface area contributed by atoms with Crippen molar-refractivity contribution < 1.29 is 9.90 Å². The van der Waals surface area contributed by atoms with Gasteiger partial charge in [-0.25, -0.2) is 9.78 Å². The number of hydrogen-bond donors (Lipinski definition) is 2. The summed E-state index contributed by atoms with van der Waals surface area (Å²) in [5.41, 5.74) is -0.101. The van der Waals surface area contributed by atoms with Crippen LogP contribution in [-0.2, 0) is 0 Å². The molecule has 92 valence electrons. The molecule has 0 aliphatic carbocycles. The third-order valence-corrected chi connectivity index (χ3v) is 4.29. The van der Waals surface area contributed by atoms with E-state index in [1.54, 1.807) is 12.1 Å². The monoisotopic (exact) mass is 272 g/mol. The molecule has 2 heterocycles. The van der Waals surface area contributed by atoms with Crippen molar-refractivity contribution >= 4 is 35.1 Å². The van der Waals surface area contributed by atoms with Crippen molar-refractivity contribution in [1.82, 2.24) is 4.98 Å². The first kappa shape index (κ1) is 12.5. The molecule has 0 bridgehead atoms.